The molecular formula is C17H29ClN2O3. The van der Waals surface area contributed by atoms with Crippen LogP contribution in [0.5, 0.6) is 0 Å². The van der Waals surface area contributed by atoms with E-state index < -0.39 is 11.7 Å². The van der Waals surface area contributed by atoms with Crippen molar-refractivity contribution in [2.45, 2.75) is 66.2 Å². The molecule has 1 heterocycles. The molecule has 0 aliphatic carbocycles. The van der Waals surface area contributed by atoms with Crippen LogP contribution in [-0.2, 0) is 16.0 Å². The Hall–Kier alpha value is -1.33. The van der Waals surface area contributed by atoms with E-state index in [1.165, 1.54) is 6.42 Å². The van der Waals surface area contributed by atoms with Crippen LogP contribution in [0.3, 0.4) is 0 Å². The molecule has 0 saturated carbocycles. The average molecular weight is 345 g/mol. The van der Waals surface area contributed by atoms with Crippen LogP contribution < -0.4 is 5.32 Å². The van der Waals surface area contributed by atoms with Gasteiger partial charge in [-0.15, -0.1) is 0 Å². The lowest BCUT2D eigenvalue weighted by atomic mass is 10.1. The molecule has 0 aliphatic rings. The van der Waals surface area contributed by atoms with E-state index in [9.17, 15) is 4.79 Å². The first-order valence-electron chi connectivity index (χ1n) is 7.78. The van der Waals surface area contributed by atoms with Crippen molar-refractivity contribution in [3.63, 3.8) is 0 Å². The summed E-state index contributed by atoms with van der Waals surface area (Å²) >= 11 is 5.94. The molecule has 1 atom stereocenters. The Morgan fingerprint density at radius 3 is 2.43 bits per heavy atom. The van der Waals surface area contributed by atoms with Gasteiger partial charge >= 0.3 is 6.09 Å². The van der Waals surface area contributed by atoms with Crippen molar-refractivity contribution < 1.29 is 14.3 Å². The van der Waals surface area contributed by atoms with Gasteiger partial charge in [-0.2, -0.15) is 0 Å². The molecule has 0 spiro atoms. The van der Waals surface area contributed by atoms with Crippen LogP contribution in [0, 0.1) is 0 Å². The molecular weight excluding hydrogens is 316 g/mol. The molecule has 0 saturated heterocycles. The highest BCUT2D eigenvalue weighted by atomic mass is 35.5. The molecule has 1 N–H and O–H groups in total. The highest BCUT2D eigenvalue weighted by Crippen LogP contribution is 2.22. The molecule has 0 aliphatic heterocycles. The second-order valence-electron chi connectivity index (χ2n) is 6.13. The number of halogens is 1. The number of pyridine rings is 1. The maximum Gasteiger partial charge on any atom is 0.407 e. The van der Waals surface area contributed by atoms with E-state index in [2.05, 4.69) is 24.1 Å². The number of carbonyl (C=O) groups is 1. The lowest BCUT2D eigenvalue weighted by molar-refractivity contribution is 0.0521. The van der Waals surface area contributed by atoms with Crippen molar-refractivity contribution in [3.05, 3.63) is 28.5 Å². The molecule has 23 heavy (non-hydrogen) atoms. The minimum absolute atomic E-state index is 0.156. The van der Waals surface area contributed by atoms with Crippen molar-refractivity contribution in [1.82, 2.24) is 10.3 Å². The number of ether oxygens (including phenoxy) is 2. The van der Waals surface area contributed by atoms with Gasteiger partial charge in [0.2, 0.25) is 0 Å². The van der Waals surface area contributed by atoms with Crippen LogP contribution in [0.4, 0.5) is 4.79 Å². The summed E-state index contributed by atoms with van der Waals surface area (Å²) in [6.07, 6.45) is 2.15. The molecule has 0 fully saturated rings. The number of methoxy groups -OCH3 is 1. The Labute approximate surface area is 144 Å². The molecule has 6 heteroatoms. The third kappa shape index (κ3) is 9.41. The van der Waals surface area contributed by atoms with E-state index >= 15 is 0 Å². The lowest BCUT2D eigenvalue weighted by Gasteiger charge is -2.20. The zero-order valence-electron chi connectivity index (χ0n) is 15.2. The number of alkyl carbamates (subject to hydrolysis) is 1. The van der Waals surface area contributed by atoms with E-state index in [1.54, 1.807) is 19.4 Å². The van der Waals surface area contributed by atoms with Crippen LogP contribution >= 0.6 is 11.6 Å². The van der Waals surface area contributed by atoms with Gasteiger partial charge in [0.05, 0.1) is 23.4 Å². The van der Waals surface area contributed by atoms with Gasteiger partial charge in [0, 0.05) is 18.9 Å². The minimum atomic E-state index is -0.528. The smallest absolute Gasteiger partial charge is 0.407 e. The van der Waals surface area contributed by atoms with E-state index in [0.717, 1.165) is 5.56 Å². The van der Waals surface area contributed by atoms with Crippen molar-refractivity contribution in [1.29, 1.82) is 0 Å². The summed E-state index contributed by atoms with van der Waals surface area (Å²) in [5.41, 5.74) is 1.02. The van der Waals surface area contributed by atoms with Crippen LogP contribution in [0.2, 0.25) is 5.02 Å². The molecule has 132 valence electrons. The van der Waals surface area contributed by atoms with Gasteiger partial charge < -0.3 is 14.8 Å². The molecule has 1 rings (SSSR count). The van der Waals surface area contributed by atoms with Gasteiger partial charge in [0.15, 0.2) is 0 Å². The highest BCUT2D eigenvalue weighted by Gasteiger charge is 2.17. The first-order valence-corrected chi connectivity index (χ1v) is 8.16. The molecule has 1 aromatic rings. The third-order valence-corrected chi connectivity index (χ3v) is 2.77. The Kier molecular flexibility index (Phi) is 9.84. The molecule has 5 nitrogen and oxygen atoms in total. The fourth-order valence-corrected chi connectivity index (χ4v) is 1.75. The fourth-order valence-electron chi connectivity index (χ4n) is 1.58. The van der Waals surface area contributed by atoms with Gasteiger partial charge in [-0.1, -0.05) is 31.9 Å². The summed E-state index contributed by atoms with van der Waals surface area (Å²) in [4.78, 5) is 15.9. The summed E-state index contributed by atoms with van der Waals surface area (Å²) in [5, 5.41) is 3.20. The molecule has 1 aromatic heterocycles. The molecule has 1 unspecified atom stereocenters. The maximum absolute atomic E-state index is 11.6. The van der Waals surface area contributed by atoms with Crippen molar-refractivity contribution in [2.75, 3.05) is 7.11 Å². The maximum atomic E-state index is 11.6. The number of aromatic nitrogens is 1. The van der Waals surface area contributed by atoms with E-state index in [4.69, 9.17) is 21.1 Å². The second kappa shape index (κ2) is 10.4. The SMILES string of the molecule is CCC.COC(C)c1cc(Cl)cnc1CNC(=O)OC(C)(C)C. The molecule has 0 aromatic carbocycles. The number of nitrogens with zero attached hydrogens (tertiary/aromatic N) is 1. The minimum Gasteiger partial charge on any atom is -0.444 e. The monoisotopic (exact) mass is 344 g/mol. The topological polar surface area (TPSA) is 60.5 Å². The average Bonchev–Trinajstić information content (AvgIpc) is 2.44. The van der Waals surface area contributed by atoms with Crippen molar-refractivity contribution in [2.24, 2.45) is 0 Å². The van der Waals surface area contributed by atoms with Crippen LogP contribution in [0.15, 0.2) is 12.3 Å². The second-order valence-corrected chi connectivity index (χ2v) is 6.57. The van der Waals surface area contributed by atoms with Crippen LogP contribution in [-0.4, -0.2) is 23.8 Å². The van der Waals surface area contributed by atoms with Gasteiger partial charge in [-0.05, 0) is 33.8 Å². The van der Waals surface area contributed by atoms with E-state index in [0.29, 0.717) is 10.7 Å². The van der Waals surface area contributed by atoms with Crippen LogP contribution in [0.1, 0.15) is 65.3 Å². The summed E-state index contributed by atoms with van der Waals surface area (Å²) in [6, 6.07) is 1.79. The summed E-state index contributed by atoms with van der Waals surface area (Å²) in [7, 11) is 1.61. The first-order chi connectivity index (χ1) is 10.6. The normalized spacial score (nSPS) is 12.0. The number of hydrogen-bond donors (Lipinski definition) is 1. The number of rotatable bonds is 4. The lowest BCUT2D eigenvalue weighted by Crippen LogP contribution is -2.32. The van der Waals surface area contributed by atoms with E-state index in [-0.39, 0.29) is 12.6 Å². The molecule has 0 radical (unpaired) electrons. The summed E-state index contributed by atoms with van der Waals surface area (Å²) < 4.78 is 10.5. The highest BCUT2D eigenvalue weighted by molar-refractivity contribution is 6.30. The predicted octanol–water partition coefficient (Wildman–Crippen LogP) is 4.88. The van der Waals surface area contributed by atoms with Gasteiger partial charge in [0.25, 0.3) is 0 Å². The standard InChI is InChI=1S/C14H21ClN2O3.C3H8/c1-9(19-5)11-6-10(15)7-16-12(11)8-17-13(18)20-14(2,3)4;1-3-2/h6-7,9H,8H2,1-5H3,(H,17,18);3H2,1-2H3. The third-order valence-electron chi connectivity index (χ3n) is 2.56. The number of amides is 1. The number of carbonyl (C=O) groups excluding carboxylic acids is 1. The predicted molar refractivity (Wildman–Crippen MR) is 93.7 cm³/mol. The fraction of sp³-hybridized carbons (Fsp3) is 0.647. The molecule has 1 amide bonds. The summed E-state index contributed by atoms with van der Waals surface area (Å²) in [5.74, 6) is 0. The summed E-state index contributed by atoms with van der Waals surface area (Å²) in [6.45, 7) is 11.8. The van der Waals surface area contributed by atoms with Gasteiger partial charge in [-0.25, -0.2) is 4.79 Å². The van der Waals surface area contributed by atoms with Crippen molar-refractivity contribution >= 4 is 17.7 Å². The number of nitrogens with one attached hydrogen (secondary N) is 1. The Balaban J connectivity index is 0.00000149. The first kappa shape index (κ1) is 21.7. The van der Waals surface area contributed by atoms with Gasteiger partial charge in [-0.3, -0.25) is 4.98 Å². The zero-order chi connectivity index (χ0) is 18.0. The van der Waals surface area contributed by atoms with Gasteiger partial charge in [0.1, 0.15) is 5.60 Å². The number of hydrogen-bond acceptors (Lipinski definition) is 4. The molecule has 0 bridgehead atoms. The Morgan fingerprint density at radius 2 is 1.96 bits per heavy atom. The zero-order valence-corrected chi connectivity index (χ0v) is 16.0. The largest absolute Gasteiger partial charge is 0.444 e. The van der Waals surface area contributed by atoms with E-state index in [1.807, 2.05) is 27.7 Å². The Bertz CT molecular complexity index is 487. The Morgan fingerprint density at radius 1 is 1.39 bits per heavy atom. The van der Waals surface area contributed by atoms with Crippen LogP contribution in [0.25, 0.3) is 0 Å². The van der Waals surface area contributed by atoms with Crippen molar-refractivity contribution in [3.8, 4) is 0 Å². The quantitative estimate of drug-likeness (QED) is 0.845.